The molecule has 2 saturated heterocycles. The molecule has 8 nitrogen and oxygen atoms in total. The molecule has 2 aromatic rings. The van der Waals surface area contributed by atoms with Crippen LogP contribution in [0.25, 0.3) is 0 Å². The van der Waals surface area contributed by atoms with Crippen LogP contribution >= 0.6 is 0 Å². The number of phenols is 2. The molecule has 32 heavy (non-hydrogen) atoms. The molecule has 0 bridgehead atoms. The van der Waals surface area contributed by atoms with Gasteiger partial charge in [0.2, 0.25) is 17.7 Å². The van der Waals surface area contributed by atoms with Crippen molar-refractivity contribution in [1.82, 2.24) is 10.2 Å². The van der Waals surface area contributed by atoms with Gasteiger partial charge < -0.3 is 15.5 Å². The van der Waals surface area contributed by atoms with Gasteiger partial charge in [0.05, 0.1) is 11.8 Å². The predicted octanol–water partition coefficient (Wildman–Crippen LogP) is 1.86. The average molecular weight is 435 g/mol. The Hall–Kier alpha value is -3.39. The predicted molar refractivity (Wildman–Crippen MR) is 116 cm³/mol. The van der Waals surface area contributed by atoms with E-state index in [9.17, 15) is 24.6 Å². The molecule has 5 rings (SSSR count). The molecule has 0 aromatic heterocycles. The summed E-state index contributed by atoms with van der Waals surface area (Å²) < 4.78 is 0. The molecule has 3 aliphatic heterocycles. The standard InChI is InChI=1S/C24H25N3O5/c1-23(2,3)27-20(30)18-15(10-12-8-9-16(28)17(29)11-12)26-24(19(18)21(27)31)13-6-4-5-7-14(13)25-22(24)32/h4-9,11,15,18-19,26,28-29H,10H2,1-3H3,(H,25,32)/t15-,18-,19+,24-/m1/s1. The number of hydrogen-bond donors (Lipinski definition) is 4. The van der Waals surface area contributed by atoms with Crippen LogP contribution in [0.15, 0.2) is 42.5 Å². The molecular formula is C24H25N3O5. The molecule has 1 spiro atoms. The van der Waals surface area contributed by atoms with Crippen LogP contribution in [0.1, 0.15) is 31.9 Å². The molecule has 0 radical (unpaired) electrons. The van der Waals surface area contributed by atoms with Gasteiger partial charge in [-0.3, -0.25) is 24.6 Å². The van der Waals surface area contributed by atoms with Crippen molar-refractivity contribution in [3.63, 3.8) is 0 Å². The van der Waals surface area contributed by atoms with Crippen molar-refractivity contribution in [2.45, 2.75) is 44.3 Å². The largest absolute Gasteiger partial charge is 0.504 e. The lowest BCUT2D eigenvalue weighted by Gasteiger charge is -2.34. The number of hydrogen-bond acceptors (Lipinski definition) is 6. The highest BCUT2D eigenvalue weighted by Crippen LogP contribution is 2.54. The zero-order valence-electron chi connectivity index (χ0n) is 18.0. The second kappa shape index (κ2) is 6.56. The van der Waals surface area contributed by atoms with Gasteiger partial charge >= 0.3 is 0 Å². The van der Waals surface area contributed by atoms with Gasteiger partial charge in [-0.15, -0.1) is 0 Å². The van der Waals surface area contributed by atoms with Crippen LogP contribution in [0, 0.1) is 11.8 Å². The molecule has 3 heterocycles. The Morgan fingerprint density at radius 2 is 1.72 bits per heavy atom. The first kappa shape index (κ1) is 20.5. The molecule has 8 heteroatoms. The molecular weight excluding hydrogens is 410 g/mol. The maximum atomic E-state index is 13.7. The van der Waals surface area contributed by atoms with E-state index >= 15 is 0 Å². The summed E-state index contributed by atoms with van der Waals surface area (Å²) in [5.74, 6) is -3.13. The summed E-state index contributed by atoms with van der Waals surface area (Å²) in [5.41, 5.74) is -0.114. The van der Waals surface area contributed by atoms with Crippen molar-refractivity contribution in [2.24, 2.45) is 11.8 Å². The van der Waals surface area contributed by atoms with E-state index in [1.807, 2.05) is 18.2 Å². The van der Waals surface area contributed by atoms with E-state index in [0.29, 0.717) is 23.2 Å². The normalized spacial score (nSPS) is 28.9. The molecule has 0 aliphatic carbocycles. The third-order valence-corrected chi connectivity index (χ3v) is 6.79. The van der Waals surface area contributed by atoms with Gasteiger partial charge in [0.1, 0.15) is 5.54 Å². The van der Waals surface area contributed by atoms with Crippen molar-refractivity contribution < 1.29 is 24.6 Å². The highest BCUT2D eigenvalue weighted by Gasteiger charge is 2.71. The minimum Gasteiger partial charge on any atom is -0.504 e. The monoisotopic (exact) mass is 435 g/mol. The Kier molecular flexibility index (Phi) is 4.20. The number of nitrogens with zero attached hydrogens (tertiary/aromatic N) is 1. The first-order valence-corrected chi connectivity index (χ1v) is 10.6. The molecule has 166 valence electrons. The number of aromatic hydroxyl groups is 2. The number of carbonyl (C=O) groups excluding carboxylic acids is 3. The van der Waals surface area contributed by atoms with E-state index in [-0.39, 0.29) is 29.2 Å². The second-order valence-electron chi connectivity index (χ2n) is 9.77. The number of anilines is 1. The molecule has 3 aliphatic rings. The van der Waals surface area contributed by atoms with E-state index in [2.05, 4.69) is 10.6 Å². The van der Waals surface area contributed by atoms with E-state index in [0.717, 1.165) is 0 Å². The second-order valence-corrected chi connectivity index (χ2v) is 9.77. The Morgan fingerprint density at radius 1 is 1.00 bits per heavy atom. The smallest absolute Gasteiger partial charge is 0.250 e. The molecule has 4 atom stereocenters. The van der Waals surface area contributed by atoms with Crippen LogP contribution in [0.4, 0.5) is 5.69 Å². The Morgan fingerprint density at radius 3 is 2.41 bits per heavy atom. The highest BCUT2D eigenvalue weighted by atomic mass is 16.3. The minimum atomic E-state index is -1.35. The lowest BCUT2D eigenvalue weighted by Crippen LogP contribution is -2.56. The van der Waals surface area contributed by atoms with E-state index in [1.54, 1.807) is 32.9 Å². The third kappa shape index (κ3) is 2.62. The van der Waals surface area contributed by atoms with Crippen LogP contribution in [0.3, 0.4) is 0 Å². The fraction of sp³-hybridized carbons (Fsp3) is 0.375. The van der Waals surface area contributed by atoms with Crippen LogP contribution in [-0.4, -0.2) is 44.4 Å². The fourth-order valence-electron chi connectivity index (χ4n) is 5.54. The van der Waals surface area contributed by atoms with E-state index in [4.69, 9.17) is 0 Å². The summed E-state index contributed by atoms with van der Waals surface area (Å²) in [6.45, 7) is 5.42. The number of carbonyl (C=O) groups is 3. The van der Waals surface area contributed by atoms with Gasteiger partial charge in [0.25, 0.3) is 0 Å². The first-order valence-electron chi connectivity index (χ1n) is 10.6. The summed E-state index contributed by atoms with van der Waals surface area (Å²) in [6.07, 6.45) is 0.295. The summed E-state index contributed by atoms with van der Waals surface area (Å²) in [4.78, 5) is 41.9. The van der Waals surface area contributed by atoms with Gasteiger partial charge in [-0.1, -0.05) is 24.3 Å². The van der Waals surface area contributed by atoms with Gasteiger partial charge in [-0.2, -0.15) is 0 Å². The number of amides is 3. The van der Waals surface area contributed by atoms with Gasteiger partial charge in [0, 0.05) is 22.8 Å². The Bertz CT molecular complexity index is 1170. The number of imide groups is 1. The van der Waals surface area contributed by atoms with Crippen molar-refractivity contribution >= 4 is 23.4 Å². The van der Waals surface area contributed by atoms with Crippen LogP contribution in [-0.2, 0) is 26.3 Å². The van der Waals surface area contributed by atoms with Crippen molar-refractivity contribution in [2.75, 3.05) is 5.32 Å². The van der Waals surface area contributed by atoms with Crippen LogP contribution in [0.2, 0.25) is 0 Å². The number of para-hydroxylation sites is 1. The maximum Gasteiger partial charge on any atom is 0.250 e. The summed E-state index contributed by atoms with van der Waals surface area (Å²) in [7, 11) is 0. The third-order valence-electron chi connectivity index (χ3n) is 6.79. The fourth-order valence-corrected chi connectivity index (χ4v) is 5.54. The summed E-state index contributed by atoms with van der Waals surface area (Å²) >= 11 is 0. The average Bonchev–Trinajstić information content (AvgIpc) is 3.29. The van der Waals surface area contributed by atoms with Gasteiger partial charge in [0.15, 0.2) is 11.5 Å². The summed E-state index contributed by atoms with van der Waals surface area (Å²) in [6, 6.07) is 11.2. The Labute approximate surface area is 185 Å². The topological polar surface area (TPSA) is 119 Å². The van der Waals surface area contributed by atoms with Crippen molar-refractivity contribution in [3.05, 3.63) is 53.6 Å². The van der Waals surface area contributed by atoms with Gasteiger partial charge in [-0.05, 0) is 51.0 Å². The number of benzene rings is 2. The molecule has 0 saturated carbocycles. The molecule has 3 amide bonds. The quantitative estimate of drug-likeness (QED) is 0.422. The van der Waals surface area contributed by atoms with Gasteiger partial charge in [-0.25, -0.2) is 0 Å². The van der Waals surface area contributed by atoms with E-state index in [1.165, 1.54) is 17.0 Å². The van der Waals surface area contributed by atoms with Crippen molar-refractivity contribution in [1.29, 1.82) is 0 Å². The number of nitrogens with one attached hydrogen (secondary N) is 2. The maximum absolute atomic E-state index is 13.7. The zero-order valence-corrected chi connectivity index (χ0v) is 18.0. The first-order chi connectivity index (χ1) is 15.1. The summed E-state index contributed by atoms with van der Waals surface area (Å²) in [5, 5.41) is 25.8. The number of phenolic OH excluding ortho intramolecular Hbond substituents is 2. The molecule has 0 unspecified atom stereocenters. The zero-order chi connectivity index (χ0) is 23.0. The SMILES string of the molecule is CC(C)(C)N1C(=O)[C@H]2[C@@H](C1=O)[C@@]1(N[C@@H]2Cc2ccc(O)c(O)c2)C(=O)Nc2ccccc21. The lowest BCUT2D eigenvalue weighted by atomic mass is 9.76. The number of rotatable bonds is 2. The minimum absolute atomic E-state index is 0.238. The number of fused-ring (bicyclic) bond motifs is 4. The highest BCUT2D eigenvalue weighted by molar-refractivity contribution is 6.15. The van der Waals surface area contributed by atoms with Crippen LogP contribution < -0.4 is 10.6 Å². The molecule has 2 aromatic carbocycles. The molecule has 2 fully saturated rings. The number of likely N-dealkylation sites (tertiary alicyclic amines) is 1. The van der Waals surface area contributed by atoms with E-state index < -0.39 is 29.0 Å². The molecule has 4 N–H and O–H groups in total. The van der Waals surface area contributed by atoms with Crippen LogP contribution in [0.5, 0.6) is 11.5 Å². The Balaban J connectivity index is 1.64. The lowest BCUT2D eigenvalue weighted by molar-refractivity contribution is -0.147. The van der Waals surface area contributed by atoms with Crippen molar-refractivity contribution in [3.8, 4) is 11.5 Å².